The number of unbranched alkanes of at least 4 members (excludes halogenated alkanes) is 44. The van der Waals surface area contributed by atoms with Crippen molar-refractivity contribution in [1.29, 1.82) is 0 Å². The number of carboxylic acid groups (broad SMARTS) is 1. The van der Waals surface area contributed by atoms with Crippen LogP contribution >= 0.6 is 0 Å². The molecule has 0 spiro atoms. The van der Waals surface area contributed by atoms with Crippen molar-refractivity contribution < 1.29 is 42.9 Å². The molecule has 0 aromatic carbocycles. The first-order valence-electron chi connectivity index (χ1n) is 32.3. The third-order valence-corrected chi connectivity index (χ3v) is 14.8. The molecule has 2 unspecified atom stereocenters. The summed E-state index contributed by atoms with van der Waals surface area (Å²) in [5, 5.41) is 11.8. The molecule has 9 heteroatoms. The number of allylic oxidation sites excluding steroid dienone is 2. The van der Waals surface area contributed by atoms with Gasteiger partial charge in [-0.1, -0.05) is 289 Å². The minimum Gasteiger partial charge on any atom is -0.545 e. The summed E-state index contributed by atoms with van der Waals surface area (Å²) in [5.74, 6) is -2.26. The lowest BCUT2D eigenvalue weighted by Crippen LogP contribution is -2.44. The van der Waals surface area contributed by atoms with E-state index in [-0.39, 0.29) is 32.2 Å². The van der Waals surface area contributed by atoms with E-state index in [1.54, 1.807) is 0 Å². The molecule has 2 atom stereocenters. The Morgan fingerprint density at radius 3 is 1.00 bits per heavy atom. The smallest absolute Gasteiger partial charge is 0.306 e. The zero-order valence-electron chi connectivity index (χ0n) is 50.0. The van der Waals surface area contributed by atoms with Gasteiger partial charge >= 0.3 is 11.9 Å². The van der Waals surface area contributed by atoms with Gasteiger partial charge in [-0.05, 0) is 38.5 Å². The zero-order valence-corrected chi connectivity index (χ0v) is 50.0. The molecule has 0 bridgehead atoms. The van der Waals surface area contributed by atoms with Crippen LogP contribution in [0, 0.1) is 0 Å². The van der Waals surface area contributed by atoms with Crippen LogP contribution in [-0.2, 0) is 33.3 Å². The summed E-state index contributed by atoms with van der Waals surface area (Å²) in [6, 6.07) is 0. The van der Waals surface area contributed by atoms with E-state index in [1.165, 1.54) is 263 Å². The number of ether oxygens (including phenoxy) is 4. The molecule has 0 aliphatic rings. The third-order valence-electron chi connectivity index (χ3n) is 14.8. The van der Waals surface area contributed by atoms with Crippen molar-refractivity contribution in [3.8, 4) is 0 Å². The maximum Gasteiger partial charge on any atom is 0.306 e. The van der Waals surface area contributed by atoms with Crippen molar-refractivity contribution >= 4 is 17.9 Å². The van der Waals surface area contributed by atoms with E-state index in [2.05, 4.69) is 26.0 Å². The Balaban J connectivity index is 3.91. The first-order chi connectivity index (χ1) is 36.1. The predicted octanol–water partition coefficient (Wildman–Crippen LogP) is 18.0. The Morgan fingerprint density at radius 1 is 0.392 bits per heavy atom. The Morgan fingerprint density at radius 2 is 0.689 bits per heavy atom. The van der Waals surface area contributed by atoms with Crippen LogP contribution < -0.4 is 5.11 Å². The van der Waals surface area contributed by atoms with Crippen LogP contribution in [0.15, 0.2) is 12.2 Å². The van der Waals surface area contributed by atoms with E-state index in [0.29, 0.717) is 17.4 Å². The Hall–Kier alpha value is -1.97. The summed E-state index contributed by atoms with van der Waals surface area (Å²) in [4.78, 5) is 37.2. The molecule has 0 aromatic rings. The van der Waals surface area contributed by atoms with Crippen LogP contribution in [0.5, 0.6) is 0 Å². The molecule has 0 radical (unpaired) electrons. The molecule has 9 nitrogen and oxygen atoms in total. The second-order valence-electron chi connectivity index (χ2n) is 23.4. The quantitative estimate of drug-likeness (QED) is 0.0195. The monoisotopic (exact) mass is 1050 g/mol. The van der Waals surface area contributed by atoms with Crippen LogP contribution in [0.2, 0.25) is 0 Å². The first kappa shape index (κ1) is 72.0. The normalized spacial score (nSPS) is 12.7. The minimum absolute atomic E-state index is 0.152. The molecule has 0 amide bonds. The summed E-state index contributed by atoms with van der Waals surface area (Å²) < 4.78 is 22.7. The van der Waals surface area contributed by atoms with Crippen molar-refractivity contribution in [1.82, 2.24) is 0 Å². The number of esters is 2. The van der Waals surface area contributed by atoms with Crippen LogP contribution in [0.4, 0.5) is 0 Å². The van der Waals surface area contributed by atoms with E-state index in [4.69, 9.17) is 18.9 Å². The molecule has 0 saturated carbocycles. The first-order valence-corrected chi connectivity index (χ1v) is 32.3. The second-order valence-corrected chi connectivity index (χ2v) is 23.4. The van der Waals surface area contributed by atoms with Gasteiger partial charge in [0.1, 0.15) is 13.2 Å². The van der Waals surface area contributed by atoms with Crippen molar-refractivity contribution in [2.45, 2.75) is 341 Å². The SMILES string of the molecule is CCCCCCCCCC/C=C\CCCCCCCCCCCCCCCCCCCCCCCCCCCC(=O)OC(COC(=O)CCCCCCCCCCCCCC)COC(OCC[N+](C)(C)C)C(=O)[O-]. The highest BCUT2D eigenvalue weighted by Gasteiger charge is 2.22. The van der Waals surface area contributed by atoms with E-state index in [1.807, 2.05) is 21.1 Å². The fraction of sp³-hybridized carbons (Fsp3) is 0.923. The Labute approximate surface area is 459 Å². The largest absolute Gasteiger partial charge is 0.545 e. The van der Waals surface area contributed by atoms with Crippen molar-refractivity contribution in [3.63, 3.8) is 0 Å². The molecule has 74 heavy (non-hydrogen) atoms. The van der Waals surface area contributed by atoms with E-state index < -0.39 is 24.3 Å². The highest BCUT2D eigenvalue weighted by Crippen LogP contribution is 2.18. The number of carbonyl (C=O) groups is 3. The summed E-state index contributed by atoms with van der Waals surface area (Å²) in [6.45, 7) is 4.79. The number of aliphatic carboxylic acids is 1. The van der Waals surface area contributed by atoms with Crippen LogP contribution in [0.25, 0.3) is 0 Å². The van der Waals surface area contributed by atoms with Gasteiger partial charge in [-0.3, -0.25) is 9.59 Å². The van der Waals surface area contributed by atoms with Gasteiger partial charge in [-0.25, -0.2) is 0 Å². The van der Waals surface area contributed by atoms with Crippen molar-refractivity contribution in [2.75, 3.05) is 47.5 Å². The highest BCUT2D eigenvalue weighted by molar-refractivity contribution is 5.70. The number of rotatable bonds is 61. The Kier molecular flexibility index (Phi) is 55.7. The summed E-state index contributed by atoms with van der Waals surface area (Å²) in [6.07, 6.45) is 64.5. The zero-order chi connectivity index (χ0) is 54.1. The van der Waals surface area contributed by atoms with E-state index in [0.717, 1.165) is 38.5 Å². The van der Waals surface area contributed by atoms with Gasteiger partial charge in [-0.2, -0.15) is 0 Å². The molecule has 0 heterocycles. The molecule has 0 aromatic heterocycles. The minimum atomic E-state index is -1.61. The van der Waals surface area contributed by atoms with Crippen LogP contribution in [0.1, 0.15) is 328 Å². The van der Waals surface area contributed by atoms with Gasteiger partial charge in [0.2, 0.25) is 0 Å². The summed E-state index contributed by atoms with van der Waals surface area (Å²) >= 11 is 0. The van der Waals surface area contributed by atoms with Crippen LogP contribution in [0.3, 0.4) is 0 Å². The number of carboxylic acids is 1. The van der Waals surface area contributed by atoms with Crippen molar-refractivity contribution in [2.24, 2.45) is 0 Å². The van der Waals surface area contributed by atoms with Gasteiger partial charge in [-0.15, -0.1) is 0 Å². The summed E-state index contributed by atoms with van der Waals surface area (Å²) in [5.41, 5.74) is 0. The van der Waals surface area contributed by atoms with E-state index >= 15 is 0 Å². The van der Waals surface area contributed by atoms with E-state index in [9.17, 15) is 19.5 Å². The van der Waals surface area contributed by atoms with Crippen molar-refractivity contribution in [3.05, 3.63) is 12.2 Å². The number of quaternary nitrogens is 1. The topological polar surface area (TPSA) is 111 Å². The second kappa shape index (κ2) is 57.2. The Bertz CT molecular complexity index is 1220. The predicted molar refractivity (Wildman–Crippen MR) is 311 cm³/mol. The fourth-order valence-electron chi connectivity index (χ4n) is 9.77. The van der Waals surface area contributed by atoms with Gasteiger partial charge in [0.25, 0.3) is 0 Å². The van der Waals surface area contributed by atoms with Gasteiger partial charge in [0.15, 0.2) is 12.4 Å². The van der Waals surface area contributed by atoms with Gasteiger partial charge < -0.3 is 33.3 Å². The molecule has 0 N–H and O–H groups in total. The number of likely N-dealkylation sites (N-methyl/N-ethyl adjacent to an activating group) is 1. The fourth-order valence-corrected chi connectivity index (χ4v) is 9.77. The molecular formula is C65H125NO8. The lowest BCUT2D eigenvalue weighted by Gasteiger charge is -2.26. The number of carbonyl (C=O) groups excluding carboxylic acids is 3. The molecule has 0 aliphatic carbocycles. The lowest BCUT2D eigenvalue weighted by atomic mass is 10.0. The highest BCUT2D eigenvalue weighted by atomic mass is 16.7. The summed E-state index contributed by atoms with van der Waals surface area (Å²) in [7, 11) is 5.93. The van der Waals surface area contributed by atoms with Gasteiger partial charge in [0.05, 0.1) is 40.3 Å². The molecule has 0 fully saturated rings. The third kappa shape index (κ3) is 57.7. The number of hydrogen-bond acceptors (Lipinski definition) is 8. The molecule has 0 rings (SSSR count). The molecule has 0 saturated heterocycles. The molecule has 438 valence electrons. The molecular weight excluding hydrogens is 923 g/mol. The van der Waals surface area contributed by atoms with Gasteiger partial charge in [0, 0.05) is 12.8 Å². The number of hydrogen-bond donors (Lipinski definition) is 0. The average molecular weight is 1050 g/mol. The number of nitrogens with zero attached hydrogens (tertiary/aromatic N) is 1. The maximum absolute atomic E-state index is 12.9. The lowest BCUT2D eigenvalue weighted by molar-refractivity contribution is -0.870. The van der Waals surface area contributed by atoms with Crippen LogP contribution in [-0.4, -0.2) is 82.3 Å². The standard InChI is InChI=1S/C65H125NO8/c1-6-8-10-12-14-16-18-20-21-22-23-24-25-26-27-28-29-30-31-32-33-34-35-36-37-38-39-40-41-42-43-44-46-48-50-52-54-56-63(68)74-61(60-73-65(64(69)70)71-58-57-66(3,4)5)59-72-62(67)55-53-51-49-47-45-19-17-15-13-11-9-7-2/h22-23,61,65H,6-21,24-60H2,1-5H3/b23-22-. The molecule has 0 aliphatic heterocycles. The maximum atomic E-state index is 12.9. The average Bonchev–Trinajstić information content (AvgIpc) is 3.37.